The van der Waals surface area contributed by atoms with Crippen molar-refractivity contribution in [2.45, 2.75) is 13.5 Å². The van der Waals surface area contributed by atoms with Crippen molar-refractivity contribution in [1.82, 2.24) is 10.3 Å². The zero-order valence-electron chi connectivity index (χ0n) is 10.4. The molecule has 0 aliphatic carbocycles. The van der Waals surface area contributed by atoms with Gasteiger partial charge in [-0.25, -0.2) is 4.63 Å². The third-order valence-electron chi connectivity index (χ3n) is 2.46. The lowest BCUT2D eigenvalue weighted by Crippen LogP contribution is -2.15. The molecule has 0 bridgehead atoms. The van der Waals surface area contributed by atoms with Gasteiger partial charge in [0.25, 0.3) is 5.91 Å². The van der Waals surface area contributed by atoms with Crippen molar-refractivity contribution in [2.24, 2.45) is 0 Å². The van der Waals surface area contributed by atoms with Crippen LogP contribution in [0.25, 0.3) is 0 Å². The van der Waals surface area contributed by atoms with Crippen LogP contribution in [-0.2, 0) is 11.3 Å². The molecule has 1 aromatic heterocycles. The molecule has 1 heterocycles. The highest BCUT2D eigenvalue weighted by atomic mass is 16.6. The first-order valence-corrected chi connectivity index (χ1v) is 5.77. The quantitative estimate of drug-likeness (QED) is 0.845. The Labute approximate surface area is 109 Å². The van der Waals surface area contributed by atoms with E-state index < -0.39 is 5.91 Å². The van der Waals surface area contributed by atoms with Crippen LogP contribution in [0.2, 0.25) is 0 Å². The summed E-state index contributed by atoms with van der Waals surface area (Å²) in [5.41, 5.74) is 6.93. The summed E-state index contributed by atoms with van der Waals surface area (Å²) < 4.78 is 9.72. The number of nitrogen functional groups attached to an aromatic ring is 1. The average Bonchev–Trinajstić information content (AvgIpc) is 2.84. The smallest absolute Gasteiger partial charge is 0.281 e. The topological polar surface area (TPSA) is 103 Å². The molecule has 0 atom stereocenters. The van der Waals surface area contributed by atoms with Crippen molar-refractivity contribution in [2.75, 3.05) is 17.7 Å². The van der Waals surface area contributed by atoms with E-state index in [2.05, 4.69) is 20.3 Å². The maximum Gasteiger partial charge on any atom is 0.281 e. The number of ether oxygens (including phenoxy) is 1. The van der Waals surface area contributed by atoms with E-state index in [1.807, 2.05) is 25.1 Å². The van der Waals surface area contributed by atoms with E-state index in [1.165, 1.54) is 0 Å². The number of amides is 1. The summed E-state index contributed by atoms with van der Waals surface area (Å²) in [6.07, 6.45) is 0. The number of nitrogens with one attached hydrogen (secondary N) is 1. The molecule has 0 saturated heterocycles. The Kier molecular flexibility index (Phi) is 4.09. The van der Waals surface area contributed by atoms with Gasteiger partial charge >= 0.3 is 0 Å². The van der Waals surface area contributed by atoms with Gasteiger partial charge in [-0.15, -0.1) is 0 Å². The molecule has 7 heteroatoms. The van der Waals surface area contributed by atoms with E-state index >= 15 is 0 Å². The molecule has 2 rings (SSSR count). The number of aromatic nitrogens is 2. The van der Waals surface area contributed by atoms with Crippen molar-refractivity contribution in [1.29, 1.82) is 0 Å². The molecule has 1 aromatic carbocycles. The predicted octanol–water partition coefficient (Wildman–Crippen LogP) is 1.44. The van der Waals surface area contributed by atoms with Crippen molar-refractivity contribution in [3.63, 3.8) is 0 Å². The second kappa shape index (κ2) is 5.96. The average molecular weight is 262 g/mol. The Balaban J connectivity index is 2.15. The molecule has 0 unspecified atom stereocenters. The molecule has 0 fully saturated rings. The van der Waals surface area contributed by atoms with Gasteiger partial charge in [0.1, 0.15) is 0 Å². The van der Waals surface area contributed by atoms with Crippen molar-refractivity contribution >= 4 is 17.4 Å². The van der Waals surface area contributed by atoms with E-state index in [-0.39, 0.29) is 11.5 Å². The minimum Gasteiger partial charge on any atom is -0.379 e. The van der Waals surface area contributed by atoms with Gasteiger partial charge in [0.15, 0.2) is 0 Å². The maximum atomic E-state index is 11.9. The van der Waals surface area contributed by atoms with E-state index in [0.29, 0.717) is 18.9 Å². The highest BCUT2D eigenvalue weighted by Crippen LogP contribution is 2.17. The Hall–Kier alpha value is -2.41. The van der Waals surface area contributed by atoms with Gasteiger partial charge in [-0.05, 0) is 23.3 Å². The van der Waals surface area contributed by atoms with Gasteiger partial charge in [-0.3, -0.25) is 4.79 Å². The fraction of sp³-hybridized carbons (Fsp3) is 0.250. The normalized spacial score (nSPS) is 10.4. The van der Waals surface area contributed by atoms with Gasteiger partial charge in [0.2, 0.25) is 11.5 Å². The Bertz CT molecular complexity index is 568. The Morgan fingerprint density at radius 2 is 2.21 bits per heavy atom. The molecule has 0 aliphatic heterocycles. The highest BCUT2D eigenvalue weighted by molar-refractivity contribution is 6.05. The fourth-order valence-electron chi connectivity index (χ4n) is 1.51. The SMILES string of the molecule is CCOCc1ccccc1NC(=O)c1nonc1N. The number of rotatable bonds is 5. The maximum absolute atomic E-state index is 11.9. The first kappa shape index (κ1) is 13.0. The van der Waals surface area contributed by atoms with Crippen LogP contribution in [0.1, 0.15) is 23.0 Å². The lowest BCUT2D eigenvalue weighted by atomic mass is 10.2. The number of anilines is 2. The monoisotopic (exact) mass is 262 g/mol. The molecular formula is C12H14N4O3. The molecule has 0 radical (unpaired) electrons. The number of benzene rings is 1. The summed E-state index contributed by atoms with van der Waals surface area (Å²) in [4.78, 5) is 11.9. The molecule has 1 amide bonds. The number of nitrogens with zero attached hydrogens (tertiary/aromatic N) is 2. The molecule has 2 aromatic rings. The van der Waals surface area contributed by atoms with Crippen LogP contribution in [0.3, 0.4) is 0 Å². The number of para-hydroxylation sites is 1. The number of nitrogens with two attached hydrogens (primary N) is 1. The van der Waals surface area contributed by atoms with Crippen LogP contribution < -0.4 is 11.1 Å². The second-order valence-corrected chi connectivity index (χ2v) is 3.75. The third kappa shape index (κ3) is 3.08. The first-order valence-electron chi connectivity index (χ1n) is 5.77. The van der Waals surface area contributed by atoms with Crippen molar-refractivity contribution < 1.29 is 14.2 Å². The lowest BCUT2D eigenvalue weighted by Gasteiger charge is -2.09. The molecule has 0 aliphatic rings. The fourth-order valence-corrected chi connectivity index (χ4v) is 1.51. The van der Waals surface area contributed by atoms with Gasteiger partial charge in [-0.1, -0.05) is 18.2 Å². The van der Waals surface area contributed by atoms with Gasteiger partial charge in [0.05, 0.1) is 6.61 Å². The van der Waals surface area contributed by atoms with Gasteiger partial charge in [-0.2, -0.15) is 0 Å². The first-order chi connectivity index (χ1) is 9.22. The number of hydrogen-bond acceptors (Lipinski definition) is 6. The molecular weight excluding hydrogens is 248 g/mol. The van der Waals surface area contributed by atoms with Gasteiger partial charge in [0, 0.05) is 17.9 Å². The highest BCUT2D eigenvalue weighted by Gasteiger charge is 2.17. The van der Waals surface area contributed by atoms with Crippen LogP contribution in [0.5, 0.6) is 0 Å². The van der Waals surface area contributed by atoms with Crippen LogP contribution in [0.4, 0.5) is 11.5 Å². The standard InChI is InChI=1S/C12H14N4O3/c1-2-18-7-8-5-3-4-6-9(8)14-12(17)10-11(13)16-19-15-10/h3-6H,2,7H2,1H3,(H2,13,16)(H,14,17). The third-order valence-corrected chi connectivity index (χ3v) is 2.46. The second-order valence-electron chi connectivity index (χ2n) is 3.75. The summed E-state index contributed by atoms with van der Waals surface area (Å²) in [5.74, 6) is -0.512. The summed E-state index contributed by atoms with van der Waals surface area (Å²) in [5, 5.41) is 9.51. The molecule has 0 spiro atoms. The van der Waals surface area contributed by atoms with E-state index in [9.17, 15) is 4.79 Å². The van der Waals surface area contributed by atoms with E-state index in [1.54, 1.807) is 6.07 Å². The van der Waals surface area contributed by atoms with Crippen molar-refractivity contribution in [3.05, 3.63) is 35.5 Å². The largest absolute Gasteiger partial charge is 0.379 e. The van der Waals surface area contributed by atoms with Gasteiger partial charge < -0.3 is 15.8 Å². The van der Waals surface area contributed by atoms with Crippen LogP contribution >= 0.6 is 0 Å². The molecule has 19 heavy (non-hydrogen) atoms. The summed E-state index contributed by atoms with van der Waals surface area (Å²) in [6, 6.07) is 7.33. The van der Waals surface area contributed by atoms with E-state index in [4.69, 9.17) is 10.5 Å². The Morgan fingerprint density at radius 1 is 1.42 bits per heavy atom. The van der Waals surface area contributed by atoms with Crippen LogP contribution in [0.15, 0.2) is 28.9 Å². The molecule has 100 valence electrons. The Morgan fingerprint density at radius 3 is 2.89 bits per heavy atom. The van der Waals surface area contributed by atoms with Crippen LogP contribution in [-0.4, -0.2) is 22.8 Å². The summed E-state index contributed by atoms with van der Waals surface area (Å²) in [6.45, 7) is 2.92. The molecule has 7 nitrogen and oxygen atoms in total. The molecule has 3 N–H and O–H groups in total. The number of carbonyl (C=O) groups excluding carboxylic acids is 1. The minimum atomic E-state index is -0.470. The van der Waals surface area contributed by atoms with Crippen LogP contribution in [0, 0.1) is 0 Å². The summed E-state index contributed by atoms with van der Waals surface area (Å²) in [7, 11) is 0. The minimum absolute atomic E-state index is 0.0359. The molecule has 0 saturated carbocycles. The number of hydrogen-bond donors (Lipinski definition) is 2. The zero-order valence-corrected chi connectivity index (χ0v) is 10.4. The number of carbonyl (C=O) groups is 1. The predicted molar refractivity (Wildman–Crippen MR) is 68.4 cm³/mol. The summed E-state index contributed by atoms with van der Waals surface area (Å²) >= 11 is 0. The van der Waals surface area contributed by atoms with E-state index in [0.717, 1.165) is 5.56 Å². The zero-order chi connectivity index (χ0) is 13.7. The lowest BCUT2D eigenvalue weighted by molar-refractivity contribution is 0.101. The van der Waals surface area contributed by atoms with Crippen molar-refractivity contribution in [3.8, 4) is 0 Å².